The van der Waals surface area contributed by atoms with E-state index in [0.717, 1.165) is 44.2 Å². The van der Waals surface area contributed by atoms with E-state index in [4.69, 9.17) is 16.0 Å². The highest BCUT2D eigenvalue weighted by Crippen LogP contribution is 2.26. The second-order valence-electron chi connectivity index (χ2n) is 7.80. The van der Waals surface area contributed by atoms with Gasteiger partial charge in [-0.25, -0.2) is 9.97 Å². The zero-order chi connectivity index (χ0) is 21.8. The lowest BCUT2D eigenvalue weighted by Crippen LogP contribution is -2.51. The Labute approximate surface area is 187 Å². The van der Waals surface area contributed by atoms with Gasteiger partial charge in [-0.1, -0.05) is 11.6 Å². The van der Waals surface area contributed by atoms with Gasteiger partial charge >= 0.3 is 0 Å². The quantitative estimate of drug-likeness (QED) is 0.632. The van der Waals surface area contributed by atoms with Crippen LogP contribution in [-0.2, 0) is 0 Å². The number of rotatable bonds is 6. The number of piperazine rings is 1. The molecule has 0 aliphatic carbocycles. The first kappa shape index (κ1) is 21.3. The van der Waals surface area contributed by atoms with Gasteiger partial charge in [-0.05, 0) is 50.2 Å². The first-order valence-electron chi connectivity index (χ1n) is 10.4. The van der Waals surface area contributed by atoms with Gasteiger partial charge in [-0.3, -0.25) is 9.69 Å². The highest BCUT2D eigenvalue weighted by molar-refractivity contribution is 6.30. The molecule has 3 heterocycles. The Morgan fingerprint density at radius 1 is 1.16 bits per heavy atom. The number of carbonyl (C=O) groups excluding carboxylic acids is 1. The summed E-state index contributed by atoms with van der Waals surface area (Å²) in [4.78, 5) is 26.0. The van der Waals surface area contributed by atoms with Crippen LogP contribution in [0.15, 0.2) is 53.2 Å². The maximum Gasteiger partial charge on any atom is 0.255 e. The van der Waals surface area contributed by atoms with Crippen LogP contribution in [-0.4, -0.2) is 59.5 Å². The van der Waals surface area contributed by atoms with Crippen molar-refractivity contribution in [1.29, 1.82) is 0 Å². The number of halogens is 1. The van der Waals surface area contributed by atoms with E-state index in [2.05, 4.69) is 25.1 Å². The predicted octanol–water partition coefficient (Wildman–Crippen LogP) is 3.64. The number of hydrogen-bond acceptors (Lipinski definition) is 6. The van der Waals surface area contributed by atoms with E-state index < -0.39 is 0 Å². The van der Waals surface area contributed by atoms with Crippen LogP contribution in [0.3, 0.4) is 0 Å². The summed E-state index contributed by atoms with van der Waals surface area (Å²) in [6.07, 6.45) is 3.53. The molecule has 1 amide bonds. The molecule has 4 rings (SSSR count). The van der Waals surface area contributed by atoms with Crippen molar-refractivity contribution < 1.29 is 9.21 Å². The normalized spacial score (nSPS) is 15.6. The fraction of sp³-hybridized carbons (Fsp3) is 0.348. The van der Waals surface area contributed by atoms with Crippen molar-refractivity contribution >= 4 is 23.5 Å². The van der Waals surface area contributed by atoms with Crippen LogP contribution >= 0.6 is 11.6 Å². The summed E-state index contributed by atoms with van der Waals surface area (Å²) in [5.41, 5.74) is 1.45. The zero-order valence-corrected chi connectivity index (χ0v) is 18.5. The lowest BCUT2D eigenvalue weighted by atomic mass is 10.1. The Morgan fingerprint density at radius 3 is 2.52 bits per heavy atom. The van der Waals surface area contributed by atoms with E-state index in [1.54, 1.807) is 30.6 Å². The molecule has 1 aliphatic rings. The number of aromatic nitrogens is 2. The lowest BCUT2D eigenvalue weighted by Gasteiger charge is -2.35. The van der Waals surface area contributed by atoms with Gasteiger partial charge in [0.2, 0.25) is 5.95 Å². The molecule has 162 valence electrons. The van der Waals surface area contributed by atoms with E-state index in [9.17, 15) is 4.79 Å². The molecule has 0 spiro atoms. The zero-order valence-electron chi connectivity index (χ0n) is 17.7. The Hall–Kier alpha value is -2.90. The van der Waals surface area contributed by atoms with Gasteiger partial charge in [0.25, 0.3) is 5.91 Å². The Kier molecular flexibility index (Phi) is 6.53. The molecule has 2 aromatic heterocycles. The molecule has 1 aromatic carbocycles. The van der Waals surface area contributed by atoms with Crippen molar-refractivity contribution in [2.45, 2.75) is 19.9 Å². The fourth-order valence-electron chi connectivity index (χ4n) is 3.78. The van der Waals surface area contributed by atoms with Crippen LogP contribution in [0.1, 0.15) is 23.0 Å². The average Bonchev–Trinajstić information content (AvgIpc) is 3.17. The molecule has 0 saturated carbocycles. The van der Waals surface area contributed by atoms with Gasteiger partial charge in [0.15, 0.2) is 0 Å². The summed E-state index contributed by atoms with van der Waals surface area (Å²) in [6, 6.07) is 11.0. The van der Waals surface area contributed by atoms with Gasteiger partial charge < -0.3 is 14.6 Å². The SMILES string of the molecule is Cc1oc(-c2ccc(Cl)cc2)cc1C(=O)NC(C)CN1CCN(c2ncccn2)CC1. The van der Waals surface area contributed by atoms with Crippen molar-refractivity contribution in [2.24, 2.45) is 0 Å². The highest BCUT2D eigenvalue weighted by atomic mass is 35.5. The van der Waals surface area contributed by atoms with Gasteiger partial charge in [-0.2, -0.15) is 0 Å². The highest BCUT2D eigenvalue weighted by Gasteiger charge is 2.22. The Morgan fingerprint density at radius 2 is 1.84 bits per heavy atom. The minimum absolute atomic E-state index is 0.0142. The summed E-state index contributed by atoms with van der Waals surface area (Å²) in [6.45, 7) is 8.18. The van der Waals surface area contributed by atoms with Gasteiger partial charge in [-0.15, -0.1) is 0 Å². The molecule has 0 radical (unpaired) electrons. The number of hydrogen-bond donors (Lipinski definition) is 1. The lowest BCUT2D eigenvalue weighted by molar-refractivity contribution is 0.0926. The van der Waals surface area contributed by atoms with Gasteiger partial charge in [0.05, 0.1) is 5.56 Å². The number of anilines is 1. The molecular weight excluding hydrogens is 414 g/mol. The summed E-state index contributed by atoms with van der Waals surface area (Å²) < 4.78 is 5.82. The minimum Gasteiger partial charge on any atom is -0.461 e. The minimum atomic E-state index is -0.120. The monoisotopic (exact) mass is 439 g/mol. The number of nitrogens with one attached hydrogen (secondary N) is 1. The number of aryl methyl sites for hydroxylation is 1. The van der Waals surface area contributed by atoms with Crippen molar-refractivity contribution in [3.05, 3.63) is 65.1 Å². The molecule has 1 saturated heterocycles. The largest absolute Gasteiger partial charge is 0.461 e. The van der Waals surface area contributed by atoms with Crippen LogP contribution in [0.5, 0.6) is 0 Å². The van der Waals surface area contributed by atoms with Crippen molar-refractivity contribution in [2.75, 3.05) is 37.6 Å². The van der Waals surface area contributed by atoms with E-state index in [-0.39, 0.29) is 11.9 Å². The van der Waals surface area contributed by atoms with E-state index >= 15 is 0 Å². The molecule has 1 N–H and O–H groups in total. The molecule has 0 bridgehead atoms. The standard InChI is InChI=1S/C23H26ClN5O2/c1-16(15-28-10-12-29(13-11-28)23-25-8-3-9-26-23)27-22(30)20-14-21(31-17(20)2)18-4-6-19(24)7-5-18/h3-9,14,16H,10-13,15H2,1-2H3,(H,27,30). The van der Waals surface area contributed by atoms with E-state index in [1.165, 1.54) is 0 Å². The summed E-state index contributed by atoms with van der Waals surface area (Å²) >= 11 is 5.95. The number of benzene rings is 1. The van der Waals surface area contributed by atoms with Crippen LogP contribution in [0.4, 0.5) is 5.95 Å². The van der Waals surface area contributed by atoms with Gasteiger partial charge in [0, 0.05) is 61.7 Å². The van der Waals surface area contributed by atoms with Crippen molar-refractivity contribution in [3.63, 3.8) is 0 Å². The summed E-state index contributed by atoms with van der Waals surface area (Å²) in [7, 11) is 0. The third kappa shape index (κ3) is 5.24. The second kappa shape index (κ2) is 9.49. The fourth-order valence-corrected chi connectivity index (χ4v) is 3.91. The molecule has 1 atom stereocenters. The van der Waals surface area contributed by atoms with E-state index in [0.29, 0.717) is 22.1 Å². The molecule has 8 heteroatoms. The first-order chi connectivity index (χ1) is 15.0. The number of amides is 1. The van der Waals surface area contributed by atoms with Crippen LogP contribution in [0, 0.1) is 6.92 Å². The summed E-state index contributed by atoms with van der Waals surface area (Å²) in [5.74, 6) is 1.91. The van der Waals surface area contributed by atoms with Crippen LogP contribution in [0.25, 0.3) is 11.3 Å². The number of nitrogens with zero attached hydrogens (tertiary/aromatic N) is 4. The van der Waals surface area contributed by atoms with Gasteiger partial charge in [0.1, 0.15) is 11.5 Å². The molecule has 1 aliphatic heterocycles. The van der Waals surface area contributed by atoms with Crippen molar-refractivity contribution in [3.8, 4) is 11.3 Å². The third-order valence-electron chi connectivity index (χ3n) is 5.41. The summed E-state index contributed by atoms with van der Waals surface area (Å²) in [5, 5.41) is 3.76. The third-order valence-corrected chi connectivity index (χ3v) is 5.66. The molecule has 1 fully saturated rings. The number of furan rings is 1. The second-order valence-corrected chi connectivity index (χ2v) is 8.23. The van der Waals surface area contributed by atoms with Crippen LogP contribution in [0.2, 0.25) is 5.02 Å². The van der Waals surface area contributed by atoms with Crippen LogP contribution < -0.4 is 10.2 Å². The average molecular weight is 440 g/mol. The number of carbonyl (C=O) groups is 1. The molecule has 3 aromatic rings. The molecule has 7 nitrogen and oxygen atoms in total. The van der Waals surface area contributed by atoms with Crippen molar-refractivity contribution in [1.82, 2.24) is 20.2 Å². The maximum absolute atomic E-state index is 12.8. The molecule has 1 unspecified atom stereocenters. The predicted molar refractivity (Wildman–Crippen MR) is 122 cm³/mol. The Bertz CT molecular complexity index is 1010. The molecular formula is C23H26ClN5O2. The first-order valence-corrected chi connectivity index (χ1v) is 10.8. The smallest absolute Gasteiger partial charge is 0.255 e. The maximum atomic E-state index is 12.8. The Balaban J connectivity index is 1.30. The molecule has 31 heavy (non-hydrogen) atoms. The topological polar surface area (TPSA) is 74.5 Å². The van der Waals surface area contributed by atoms with E-state index in [1.807, 2.05) is 32.0 Å².